The number of ether oxygens (including phenoxy) is 2. The molecule has 3 aliphatic carbocycles. The van der Waals surface area contributed by atoms with Gasteiger partial charge in [-0.3, -0.25) is 0 Å². The lowest BCUT2D eigenvalue weighted by Crippen LogP contribution is -2.35. The highest BCUT2D eigenvalue weighted by Crippen LogP contribution is 2.43. The summed E-state index contributed by atoms with van der Waals surface area (Å²) in [6.45, 7) is 4.23. The minimum Gasteiger partial charge on any atom is -0.378 e. The number of hydrogen-bond donors (Lipinski definition) is 0. The van der Waals surface area contributed by atoms with Crippen molar-refractivity contribution < 1.29 is 18.3 Å². The van der Waals surface area contributed by atoms with Crippen molar-refractivity contribution in [3.05, 3.63) is 12.2 Å². The normalized spacial score (nSPS) is 38.0. The predicted octanol–water partition coefficient (Wildman–Crippen LogP) is 9.72. The minimum atomic E-state index is -1.49. The second-order valence-corrected chi connectivity index (χ2v) is 12.9. The molecule has 4 aliphatic rings. The minimum absolute atomic E-state index is 0.126. The van der Waals surface area contributed by atoms with Gasteiger partial charge >= 0.3 is 0 Å². The van der Waals surface area contributed by atoms with Crippen molar-refractivity contribution >= 4 is 0 Å². The van der Waals surface area contributed by atoms with E-state index in [4.69, 9.17) is 9.47 Å². The van der Waals surface area contributed by atoms with Crippen LogP contribution in [0.5, 0.6) is 0 Å². The highest BCUT2D eigenvalue weighted by atomic mass is 19.3. The first-order valence-electron chi connectivity index (χ1n) is 15.9. The summed E-state index contributed by atoms with van der Waals surface area (Å²) >= 11 is 0. The maximum absolute atomic E-state index is 12.5. The Labute approximate surface area is 220 Å². The number of unbranched alkanes of at least 4 members (excludes halogenated alkanes) is 1. The van der Waals surface area contributed by atoms with Crippen molar-refractivity contribution in [2.45, 2.75) is 141 Å². The number of hydrogen-bond acceptors (Lipinski definition) is 2. The standard InChI is InChI=1S/C32H54F2O2/c1-2-3-5-26-11-20-31(36-23-26)29-16-18-30(19-17-29)35-21-4-6-24-7-12-27(13-8-24)28-14-9-25(10-15-28)22-32(33)34/h22,24-31H,2-21,23H2,1H3. The molecule has 2 atom stereocenters. The van der Waals surface area contributed by atoms with Crippen molar-refractivity contribution in [1.82, 2.24) is 0 Å². The maximum atomic E-state index is 12.5. The fraction of sp³-hybridized carbons (Fsp3) is 0.938. The van der Waals surface area contributed by atoms with Crippen LogP contribution in [-0.2, 0) is 9.47 Å². The zero-order chi connectivity index (χ0) is 25.2. The Bertz CT molecular complexity index is 616. The van der Waals surface area contributed by atoms with Gasteiger partial charge in [0.2, 0.25) is 0 Å². The summed E-state index contributed by atoms with van der Waals surface area (Å²) in [4.78, 5) is 0. The van der Waals surface area contributed by atoms with Crippen LogP contribution < -0.4 is 0 Å². The van der Waals surface area contributed by atoms with Crippen LogP contribution >= 0.6 is 0 Å². The molecule has 3 saturated carbocycles. The van der Waals surface area contributed by atoms with Crippen molar-refractivity contribution in [2.75, 3.05) is 13.2 Å². The molecule has 0 bridgehead atoms. The van der Waals surface area contributed by atoms with E-state index in [1.807, 2.05) is 0 Å². The van der Waals surface area contributed by atoms with E-state index in [0.717, 1.165) is 68.5 Å². The molecule has 0 aromatic carbocycles. The molecule has 0 aromatic heterocycles. The summed E-state index contributed by atoms with van der Waals surface area (Å²) < 4.78 is 37.7. The van der Waals surface area contributed by atoms with E-state index in [2.05, 4.69) is 6.92 Å². The van der Waals surface area contributed by atoms with Gasteiger partial charge in [0, 0.05) is 13.2 Å². The molecule has 0 amide bonds. The first-order valence-corrected chi connectivity index (χ1v) is 15.9. The van der Waals surface area contributed by atoms with E-state index < -0.39 is 6.08 Å². The van der Waals surface area contributed by atoms with Crippen LogP contribution in [0.25, 0.3) is 0 Å². The van der Waals surface area contributed by atoms with E-state index in [0.29, 0.717) is 12.2 Å². The Hall–Kier alpha value is -0.480. The summed E-state index contributed by atoms with van der Waals surface area (Å²) in [5.74, 6) is 4.23. The zero-order valence-electron chi connectivity index (χ0n) is 23.1. The molecule has 0 aromatic rings. The third-order valence-electron chi connectivity index (χ3n) is 10.5. The lowest BCUT2D eigenvalue weighted by Gasteiger charge is -2.38. The molecule has 208 valence electrons. The molecule has 2 nitrogen and oxygen atoms in total. The predicted molar refractivity (Wildman–Crippen MR) is 144 cm³/mol. The van der Waals surface area contributed by atoms with Gasteiger partial charge in [0.1, 0.15) is 0 Å². The summed E-state index contributed by atoms with van der Waals surface area (Å²) in [6, 6.07) is 0. The Morgan fingerprint density at radius 1 is 0.722 bits per heavy atom. The molecule has 0 N–H and O–H groups in total. The molecule has 1 saturated heterocycles. The van der Waals surface area contributed by atoms with Crippen LogP contribution in [0.1, 0.15) is 129 Å². The highest BCUT2D eigenvalue weighted by molar-refractivity contribution is 4.92. The van der Waals surface area contributed by atoms with Crippen LogP contribution in [0, 0.1) is 35.5 Å². The molecule has 4 fully saturated rings. The maximum Gasteiger partial charge on any atom is 0.266 e. The van der Waals surface area contributed by atoms with Gasteiger partial charge in [-0.15, -0.1) is 0 Å². The van der Waals surface area contributed by atoms with Crippen molar-refractivity contribution in [1.29, 1.82) is 0 Å². The van der Waals surface area contributed by atoms with E-state index in [1.165, 1.54) is 102 Å². The Kier molecular flexibility index (Phi) is 12.0. The van der Waals surface area contributed by atoms with E-state index in [-0.39, 0.29) is 5.92 Å². The molecule has 4 heteroatoms. The van der Waals surface area contributed by atoms with E-state index in [9.17, 15) is 8.78 Å². The average molecular weight is 509 g/mol. The van der Waals surface area contributed by atoms with Gasteiger partial charge in [-0.2, -0.15) is 8.78 Å². The largest absolute Gasteiger partial charge is 0.378 e. The lowest BCUT2D eigenvalue weighted by atomic mass is 9.69. The first-order chi connectivity index (χ1) is 17.6. The fourth-order valence-electron chi connectivity index (χ4n) is 8.08. The van der Waals surface area contributed by atoms with Crippen molar-refractivity contribution in [3.63, 3.8) is 0 Å². The molecule has 1 aliphatic heterocycles. The molecular formula is C32H54F2O2. The zero-order valence-corrected chi connectivity index (χ0v) is 23.1. The van der Waals surface area contributed by atoms with Gasteiger partial charge in [0.05, 0.1) is 12.2 Å². The van der Waals surface area contributed by atoms with Crippen molar-refractivity contribution in [3.8, 4) is 0 Å². The number of allylic oxidation sites excluding steroid dienone is 1. The van der Waals surface area contributed by atoms with E-state index >= 15 is 0 Å². The Morgan fingerprint density at radius 2 is 1.33 bits per heavy atom. The van der Waals surface area contributed by atoms with Crippen LogP contribution in [0.2, 0.25) is 0 Å². The first kappa shape index (κ1) is 28.5. The Morgan fingerprint density at radius 3 is 1.94 bits per heavy atom. The van der Waals surface area contributed by atoms with Crippen molar-refractivity contribution in [2.24, 2.45) is 35.5 Å². The summed E-state index contributed by atoms with van der Waals surface area (Å²) in [6.07, 6.45) is 24.7. The molecular weight excluding hydrogens is 454 g/mol. The number of halogens is 2. The number of rotatable bonds is 11. The molecule has 0 radical (unpaired) electrons. The quantitative estimate of drug-likeness (QED) is 0.259. The smallest absolute Gasteiger partial charge is 0.266 e. The van der Waals surface area contributed by atoms with Crippen LogP contribution in [0.3, 0.4) is 0 Å². The topological polar surface area (TPSA) is 18.5 Å². The average Bonchev–Trinajstić information content (AvgIpc) is 2.91. The highest BCUT2D eigenvalue weighted by Gasteiger charge is 2.32. The van der Waals surface area contributed by atoms with Gasteiger partial charge in [-0.1, -0.05) is 32.6 Å². The molecule has 36 heavy (non-hydrogen) atoms. The van der Waals surface area contributed by atoms with Crippen LogP contribution in [0.15, 0.2) is 12.2 Å². The molecule has 2 unspecified atom stereocenters. The monoisotopic (exact) mass is 508 g/mol. The summed E-state index contributed by atoms with van der Waals surface area (Å²) in [7, 11) is 0. The Balaban J connectivity index is 1.01. The SMILES string of the molecule is CCCCC1CCC(C2CCC(OCCCC3CCC(C4CCC(C=C(F)F)CC4)CC3)CC2)OC1. The summed E-state index contributed by atoms with van der Waals surface area (Å²) in [5.41, 5.74) is 0. The summed E-state index contributed by atoms with van der Waals surface area (Å²) in [5, 5.41) is 0. The third-order valence-corrected chi connectivity index (χ3v) is 10.5. The van der Waals surface area contributed by atoms with Gasteiger partial charge in [-0.25, -0.2) is 0 Å². The van der Waals surface area contributed by atoms with Crippen LogP contribution in [-0.4, -0.2) is 25.4 Å². The molecule has 4 rings (SSSR count). The lowest BCUT2D eigenvalue weighted by molar-refractivity contribution is -0.0712. The third kappa shape index (κ3) is 9.07. The van der Waals surface area contributed by atoms with Gasteiger partial charge in [0.25, 0.3) is 6.08 Å². The van der Waals surface area contributed by atoms with Gasteiger partial charge < -0.3 is 9.47 Å². The second kappa shape index (κ2) is 15.2. The van der Waals surface area contributed by atoms with Gasteiger partial charge in [0.15, 0.2) is 0 Å². The fourth-order valence-corrected chi connectivity index (χ4v) is 8.08. The van der Waals surface area contributed by atoms with E-state index in [1.54, 1.807) is 0 Å². The van der Waals surface area contributed by atoms with Crippen LogP contribution in [0.4, 0.5) is 8.78 Å². The molecule has 0 spiro atoms. The molecule has 1 heterocycles. The second-order valence-electron chi connectivity index (χ2n) is 12.9. The van der Waals surface area contributed by atoms with Gasteiger partial charge in [-0.05, 0) is 138 Å².